The summed E-state index contributed by atoms with van der Waals surface area (Å²) < 4.78 is 0. The summed E-state index contributed by atoms with van der Waals surface area (Å²) in [5, 5.41) is 6.61. The maximum Gasteiger partial charge on any atom is 0.184 e. The van der Waals surface area contributed by atoms with E-state index in [4.69, 9.17) is 5.73 Å². The second kappa shape index (κ2) is 5.03. The normalized spacial score (nSPS) is 10.0. The standard InChI is InChI=1S/C8H8N4OS/c9-8(14)11-10-5-6-3-1-2-4-7(6)12-13/h1-5H,(H3,9,11,14)/b10-5+. The fourth-order valence-corrected chi connectivity index (χ4v) is 0.898. The highest BCUT2D eigenvalue weighted by molar-refractivity contribution is 7.80. The second-order valence-corrected chi connectivity index (χ2v) is 2.82. The molecule has 0 unspecified atom stereocenters. The van der Waals surface area contributed by atoms with Crippen LogP contribution in [0.4, 0.5) is 5.69 Å². The van der Waals surface area contributed by atoms with Crippen LogP contribution < -0.4 is 11.2 Å². The van der Waals surface area contributed by atoms with Crippen molar-refractivity contribution in [1.82, 2.24) is 5.43 Å². The van der Waals surface area contributed by atoms with Crippen LogP contribution in [0.15, 0.2) is 34.5 Å². The van der Waals surface area contributed by atoms with Crippen LogP contribution in [-0.2, 0) is 0 Å². The van der Waals surface area contributed by atoms with Crippen LogP contribution in [0.1, 0.15) is 5.56 Å². The van der Waals surface area contributed by atoms with Gasteiger partial charge < -0.3 is 5.73 Å². The van der Waals surface area contributed by atoms with Crippen molar-refractivity contribution in [1.29, 1.82) is 0 Å². The molecule has 1 aromatic carbocycles. The van der Waals surface area contributed by atoms with E-state index in [1.54, 1.807) is 24.3 Å². The third-order valence-corrected chi connectivity index (χ3v) is 1.50. The van der Waals surface area contributed by atoms with E-state index in [0.717, 1.165) is 0 Å². The van der Waals surface area contributed by atoms with Crippen LogP contribution in [0.5, 0.6) is 0 Å². The van der Waals surface area contributed by atoms with Crippen molar-refractivity contribution in [2.45, 2.75) is 0 Å². The summed E-state index contributed by atoms with van der Waals surface area (Å²) >= 11 is 4.54. The number of nitrogens with zero attached hydrogens (tertiary/aromatic N) is 2. The minimum atomic E-state index is 0.0674. The van der Waals surface area contributed by atoms with E-state index in [0.29, 0.717) is 11.3 Å². The van der Waals surface area contributed by atoms with Crippen molar-refractivity contribution in [2.24, 2.45) is 16.0 Å². The van der Waals surface area contributed by atoms with E-state index in [2.05, 4.69) is 27.9 Å². The molecular formula is C8H8N4OS. The summed E-state index contributed by atoms with van der Waals surface area (Å²) in [5.41, 5.74) is 8.45. The van der Waals surface area contributed by atoms with Crippen LogP contribution in [0.2, 0.25) is 0 Å². The molecule has 0 amide bonds. The molecule has 0 atom stereocenters. The second-order valence-electron chi connectivity index (χ2n) is 2.38. The van der Waals surface area contributed by atoms with Gasteiger partial charge in [0.25, 0.3) is 0 Å². The van der Waals surface area contributed by atoms with Gasteiger partial charge in [0.15, 0.2) is 5.11 Å². The third kappa shape index (κ3) is 2.91. The summed E-state index contributed by atoms with van der Waals surface area (Å²) in [6, 6.07) is 6.79. The summed E-state index contributed by atoms with van der Waals surface area (Å²) in [5.74, 6) is 0. The molecule has 0 bridgehead atoms. The Hall–Kier alpha value is -1.82. The first-order valence-electron chi connectivity index (χ1n) is 3.75. The predicted molar refractivity (Wildman–Crippen MR) is 59.4 cm³/mol. The lowest BCUT2D eigenvalue weighted by molar-refractivity contribution is 1.04. The molecule has 14 heavy (non-hydrogen) atoms. The highest BCUT2D eigenvalue weighted by atomic mass is 32.1. The number of rotatable bonds is 3. The molecule has 3 N–H and O–H groups in total. The molecule has 0 aromatic heterocycles. The van der Waals surface area contributed by atoms with Crippen molar-refractivity contribution in [3.05, 3.63) is 34.7 Å². The van der Waals surface area contributed by atoms with Crippen LogP contribution >= 0.6 is 12.2 Å². The average molecular weight is 208 g/mol. The Balaban J connectivity index is 2.80. The van der Waals surface area contributed by atoms with Crippen molar-refractivity contribution < 1.29 is 0 Å². The lowest BCUT2D eigenvalue weighted by Crippen LogP contribution is -2.23. The first kappa shape index (κ1) is 10.3. The largest absolute Gasteiger partial charge is 0.375 e. The van der Waals surface area contributed by atoms with E-state index >= 15 is 0 Å². The molecule has 0 aliphatic carbocycles. The van der Waals surface area contributed by atoms with Crippen LogP contribution in [0, 0.1) is 4.91 Å². The lowest BCUT2D eigenvalue weighted by Gasteiger charge is -1.96. The Bertz CT molecular complexity index is 377. The van der Waals surface area contributed by atoms with Gasteiger partial charge >= 0.3 is 0 Å². The van der Waals surface area contributed by atoms with Gasteiger partial charge in [0, 0.05) is 5.56 Å². The molecule has 0 radical (unpaired) electrons. The maximum absolute atomic E-state index is 10.3. The molecule has 6 heteroatoms. The van der Waals surface area contributed by atoms with Gasteiger partial charge in [0.2, 0.25) is 0 Å². The Labute approximate surface area is 86.0 Å². The number of hydrogen-bond donors (Lipinski definition) is 2. The van der Waals surface area contributed by atoms with Gasteiger partial charge in [-0.3, -0.25) is 5.43 Å². The van der Waals surface area contributed by atoms with Crippen molar-refractivity contribution in [3.63, 3.8) is 0 Å². The Morgan fingerprint density at radius 3 is 2.86 bits per heavy atom. The number of thiocarbonyl (C=S) groups is 1. The molecule has 0 saturated carbocycles. The van der Waals surface area contributed by atoms with Gasteiger partial charge in [-0.2, -0.15) is 5.10 Å². The smallest absolute Gasteiger partial charge is 0.184 e. The molecule has 1 rings (SSSR count). The summed E-state index contributed by atoms with van der Waals surface area (Å²) in [7, 11) is 0. The number of hydrazone groups is 1. The molecule has 0 fully saturated rings. The number of nitrogens with one attached hydrogen (secondary N) is 1. The maximum atomic E-state index is 10.3. The Kier molecular flexibility index (Phi) is 3.69. The highest BCUT2D eigenvalue weighted by Gasteiger charge is 1.97. The van der Waals surface area contributed by atoms with Crippen LogP contribution in [0.25, 0.3) is 0 Å². The molecule has 0 heterocycles. The van der Waals surface area contributed by atoms with E-state index in [1.165, 1.54) is 6.21 Å². The topological polar surface area (TPSA) is 79.8 Å². The molecule has 0 saturated heterocycles. The van der Waals surface area contributed by atoms with E-state index in [1.807, 2.05) is 0 Å². The van der Waals surface area contributed by atoms with Crippen molar-refractivity contribution in [3.8, 4) is 0 Å². The predicted octanol–water partition coefficient (Wildman–Crippen LogP) is 1.25. The summed E-state index contributed by atoms with van der Waals surface area (Å²) in [4.78, 5) is 10.3. The van der Waals surface area contributed by atoms with Crippen LogP contribution in [-0.4, -0.2) is 11.3 Å². The monoisotopic (exact) mass is 208 g/mol. The molecule has 0 spiro atoms. The van der Waals surface area contributed by atoms with Gasteiger partial charge in [0.05, 0.1) is 6.21 Å². The van der Waals surface area contributed by atoms with Crippen molar-refractivity contribution in [2.75, 3.05) is 0 Å². The number of nitrogens with two attached hydrogens (primary N) is 1. The van der Waals surface area contributed by atoms with E-state index < -0.39 is 0 Å². The van der Waals surface area contributed by atoms with E-state index in [9.17, 15) is 4.91 Å². The van der Waals surface area contributed by atoms with Gasteiger partial charge in [-0.15, -0.1) is 4.91 Å². The zero-order valence-corrected chi connectivity index (χ0v) is 7.99. The minimum absolute atomic E-state index is 0.0674. The number of benzene rings is 1. The third-order valence-electron chi connectivity index (χ3n) is 1.41. The number of hydrogen-bond acceptors (Lipinski definition) is 4. The fourth-order valence-electron chi connectivity index (χ4n) is 0.845. The zero-order chi connectivity index (χ0) is 10.4. The first-order valence-corrected chi connectivity index (χ1v) is 4.16. The van der Waals surface area contributed by atoms with Gasteiger partial charge in [-0.05, 0) is 23.5 Å². The van der Waals surface area contributed by atoms with Gasteiger partial charge in [0.1, 0.15) is 5.69 Å². The number of nitroso groups, excluding NO2 is 1. The molecule has 72 valence electrons. The molecule has 0 aliphatic rings. The quantitative estimate of drug-likeness (QED) is 0.339. The lowest BCUT2D eigenvalue weighted by atomic mass is 10.2. The first-order chi connectivity index (χ1) is 6.74. The van der Waals surface area contributed by atoms with Crippen LogP contribution in [0.3, 0.4) is 0 Å². The molecule has 0 aliphatic heterocycles. The van der Waals surface area contributed by atoms with E-state index in [-0.39, 0.29) is 5.11 Å². The summed E-state index contributed by atoms with van der Waals surface area (Å²) in [6.07, 6.45) is 1.43. The van der Waals surface area contributed by atoms with Crippen molar-refractivity contribution >= 4 is 29.2 Å². The molecule has 1 aromatic rings. The summed E-state index contributed by atoms with van der Waals surface area (Å²) in [6.45, 7) is 0. The molecule has 5 nitrogen and oxygen atoms in total. The zero-order valence-electron chi connectivity index (χ0n) is 7.18. The minimum Gasteiger partial charge on any atom is -0.375 e. The average Bonchev–Trinajstić information content (AvgIpc) is 2.18. The highest BCUT2D eigenvalue weighted by Crippen LogP contribution is 2.15. The Morgan fingerprint density at radius 1 is 1.50 bits per heavy atom. The SMILES string of the molecule is NC(=S)N/N=C/c1ccccc1N=O. The van der Waals surface area contributed by atoms with Gasteiger partial charge in [-0.1, -0.05) is 18.2 Å². The van der Waals surface area contributed by atoms with Gasteiger partial charge in [-0.25, -0.2) is 0 Å². The Morgan fingerprint density at radius 2 is 2.21 bits per heavy atom. The molecular weight excluding hydrogens is 200 g/mol. The fraction of sp³-hybridized carbons (Fsp3) is 0.